The minimum absolute atomic E-state index is 0.108. The number of amides is 1. The molecule has 0 aliphatic rings. The van der Waals surface area contributed by atoms with Crippen LogP contribution in [0, 0.1) is 13.8 Å². The van der Waals surface area contributed by atoms with E-state index in [2.05, 4.69) is 15.3 Å². The molecular weight excluding hydrogens is 380 g/mol. The third-order valence-electron chi connectivity index (χ3n) is 4.11. The summed E-state index contributed by atoms with van der Waals surface area (Å²) in [4.78, 5) is 36.0. The fourth-order valence-electron chi connectivity index (χ4n) is 2.78. The number of carbonyl (C=O) groups is 1. The predicted octanol–water partition coefficient (Wildman–Crippen LogP) is 3.84. The van der Waals surface area contributed by atoms with E-state index in [1.807, 2.05) is 43.5 Å². The topological polar surface area (TPSA) is 76.9 Å². The summed E-state index contributed by atoms with van der Waals surface area (Å²) in [5.74, 6) is -0.311. The van der Waals surface area contributed by atoms with Gasteiger partial charge in [0.25, 0.3) is 5.56 Å². The molecule has 8 heteroatoms. The van der Waals surface area contributed by atoms with E-state index in [0.29, 0.717) is 16.0 Å². The summed E-state index contributed by atoms with van der Waals surface area (Å²) in [6.07, 6.45) is 1.42. The molecular formula is C19H16N4O2S2. The monoisotopic (exact) mass is 396 g/mol. The van der Waals surface area contributed by atoms with Crippen molar-refractivity contribution in [2.45, 2.75) is 20.4 Å². The van der Waals surface area contributed by atoms with E-state index in [4.69, 9.17) is 0 Å². The second kappa shape index (κ2) is 7.05. The Labute approximate surface area is 163 Å². The Hall–Kier alpha value is -2.84. The minimum Gasteiger partial charge on any atom is -0.300 e. The standard InChI is InChI=1S/C19H16N4O2S2/c1-11-4-3-5-13-17(11)20-10-23(18(13)25)8-16(24)22-19-21-14(9-26-19)15-7-6-12(2)27-15/h3-7,9-10H,8H2,1-2H3,(H,21,22,24). The first-order valence-corrected chi connectivity index (χ1v) is 9.98. The molecule has 0 atom stereocenters. The van der Waals surface area contributed by atoms with Gasteiger partial charge in [-0.1, -0.05) is 12.1 Å². The molecule has 0 saturated carbocycles. The number of aryl methyl sites for hydroxylation is 2. The second-order valence-corrected chi connectivity index (χ2v) is 8.29. The Morgan fingerprint density at radius 3 is 2.85 bits per heavy atom. The number of carbonyl (C=O) groups excluding carboxylic acids is 1. The Balaban J connectivity index is 1.52. The van der Waals surface area contributed by atoms with Gasteiger partial charge in [0, 0.05) is 10.3 Å². The van der Waals surface area contributed by atoms with Crippen molar-refractivity contribution in [3.05, 3.63) is 62.8 Å². The van der Waals surface area contributed by atoms with Crippen LogP contribution in [0.3, 0.4) is 0 Å². The lowest BCUT2D eigenvalue weighted by Crippen LogP contribution is -2.28. The van der Waals surface area contributed by atoms with Gasteiger partial charge >= 0.3 is 0 Å². The molecule has 1 amide bonds. The van der Waals surface area contributed by atoms with Crippen molar-refractivity contribution in [2.24, 2.45) is 0 Å². The van der Waals surface area contributed by atoms with Crippen molar-refractivity contribution < 1.29 is 4.79 Å². The summed E-state index contributed by atoms with van der Waals surface area (Å²) in [6.45, 7) is 3.84. The van der Waals surface area contributed by atoms with Crippen LogP contribution in [0.4, 0.5) is 5.13 Å². The number of thiophene rings is 1. The van der Waals surface area contributed by atoms with E-state index in [1.54, 1.807) is 17.4 Å². The predicted molar refractivity (Wildman–Crippen MR) is 110 cm³/mol. The number of fused-ring (bicyclic) bond motifs is 1. The van der Waals surface area contributed by atoms with Crippen molar-refractivity contribution in [2.75, 3.05) is 5.32 Å². The largest absolute Gasteiger partial charge is 0.300 e. The maximum atomic E-state index is 12.6. The second-order valence-electron chi connectivity index (χ2n) is 6.15. The smallest absolute Gasteiger partial charge is 0.261 e. The zero-order valence-corrected chi connectivity index (χ0v) is 16.4. The highest BCUT2D eigenvalue weighted by molar-refractivity contribution is 7.17. The highest BCUT2D eigenvalue weighted by Crippen LogP contribution is 2.30. The van der Waals surface area contributed by atoms with Gasteiger partial charge in [0.15, 0.2) is 5.13 Å². The van der Waals surface area contributed by atoms with E-state index in [0.717, 1.165) is 16.1 Å². The molecule has 0 fully saturated rings. The number of hydrogen-bond donors (Lipinski definition) is 1. The molecule has 6 nitrogen and oxygen atoms in total. The molecule has 0 radical (unpaired) electrons. The number of rotatable bonds is 4. The van der Waals surface area contributed by atoms with Crippen LogP contribution in [0.5, 0.6) is 0 Å². The summed E-state index contributed by atoms with van der Waals surface area (Å²) in [6, 6.07) is 9.50. The highest BCUT2D eigenvalue weighted by Gasteiger charge is 2.12. The van der Waals surface area contributed by atoms with Crippen LogP contribution in [0.15, 0.2) is 46.8 Å². The van der Waals surface area contributed by atoms with Crippen LogP contribution in [0.2, 0.25) is 0 Å². The summed E-state index contributed by atoms with van der Waals surface area (Å²) in [7, 11) is 0. The number of thiazole rings is 1. The zero-order valence-electron chi connectivity index (χ0n) is 14.7. The zero-order chi connectivity index (χ0) is 19.0. The number of aromatic nitrogens is 3. The molecule has 4 aromatic rings. The lowest BCUT2D eigenvalue weighted by Gasteiger charge is -2.07. The third kappa shape index (κ3) is 3.54. The SMILES string of the molecule is Cc1ccc(-c2csc(NC(=O)Cn3cnc4c(C)cccc4c3=O)n2)s1. The van der Waals surface area contributed by atoms with Gasteiger partial charge in [0.2, 0.25) is 5.91 Å². The summed E-state index contributed by atoms with van der Waals surface area (Å²) >= 11 is 3.02. The van der Waals surface area contributed by atoms with Gasteiger partial charge in [-0.25, -0.2) is 9.97 Å². The Kier molecular flexibility index (Phi) is 4.59. The van der Waals surface area contributed by atoms with E-state index in [1.165, 1.54) is 27.1 Å². The quantitative estimate of drug-likeness (QED) is 0.569. The van der Waals surface area contributed by atoms with Crippen LogP contribution >= 0.6 is 22.7 Å². The van der Waals surface area contributed by atoms with Gasteiger partial charge in [0.05, 0.1) is 27.8 Å². The van der Waals surface area contributed by atoms with Crippen molar-refractivity contribution in [3.8, 4) is 10.6 Å². The normalized spacial score (nSPS) is 11.0. The van der Waals surface area contributed by atoms with Crippen molar-refractivity contribution in [1.82, 2.24) is 14.5 Å². The van der Waals surface area contributed by atoms with Crippen molar-refractivity contribution in [1.29, 1.82) is 0 Å². The number of nitrogens with zero attached hydrogens (tertiary/aromatic N) is 3. The fraction of sp³-hybridized carbons (Fsp3) is 0.158. The number of nitrogens with one attached hydrogen (secondary N) is 1. The lowest BCUT2D eigenvalue weighted by molar-refractivity contribution is -0.116. The third-order valence-corrected chi connectivity index (χ3v) is 5.89. The van der Waals surface area contributed by atoms with Gasteiger partial charge in [-0.3, -0.25) is 14.2 Å². The molecule has 0 aliphatic carbocycles. The first kappa shape index (κ1) is 17.6. The molecule has 0 saturated heterocycles. The highest BCUT2D eigenvalue weighted by atomic mass is 32.1. The summed E-state index contributed by atoms with van der Waals surface area (Å²) in [5, 5.41) is 5.69. The maximum Gasteiger partial charge on any atom is 0.261 e. The molecule has 0 aliphatic heterocycles. The van der Waals surface area contributed by atoms with Crippen LogP contribution < -0.4 is 10.9 Å². The molecule has 1 N–H and O–H groups in total. The lowest BCUT2D eigenvalue weighted by atomic mass is 10.1. The molecule has 0 bridgehead atoms. The van der Waals surface area contributed by atoms with Gasteiger partial charge in [-0.2, -0.15) is 0 Å². The first-order chi connectivity index (χ1) is 13.0. The maximum absolute atomic E-state index is 12.6. The van der Waals surface area contributed by atoms with Crippen molar-refractivity contribution >= 4 is 44.6 Å². The molecule has 4 rings (SSSR count). The number of para-hydroxylation sites is 1. The molecule has 0 spiro atoms. The average molecular weight is 396 g/mol. The summed E-state index contributed by atoms with van der Waals surface area (Å²) in [5.41, 5.74) is 2.21. The van der Waals surface area contributed by atoms with Crippen molar-refractivity contribution in [3.63, 3.8) is 0 Å². The van der Waals surface area contributed by atoms with Gasteiger partial charge < -0.3 is 5.32 Å². The van der Waals surface area contributed by atoms with Gasteiger partial charge in [-0.05, 0) is 37.6 Å². The van der Waals surface area contributed by atoms with E-state index in [-0.39, 0.29) is 18.0 Å². The van der Waals surface area contributed by atoms with Crippen LogP contribution in [-0.2, 0) is 11.3 Å². The first-order valence-electron chi connectivity index (χ1n) is 8.28. The van der Waals surface area contributed by atoms with Gasteiger partial charge in [0.1, 0.15) is 6.54 Å². The van der Waals surface area contributed by atoms with Gasteiger partial charge in [-0.15, -0.1) is 22.7 Å². The van der Waals surface area contributed by atoms with Crippen LogP contribution in [0.25, 0.3) is 21.5 Å². The summed E-state index contributed by atoms with van der Waals surface area (Å²) < 4.78 is 1.31. The Morgan fingerprint density at radius 2 is 2.07 bits per heavy atom. The Morgan fingerprint density at radius 1 is 1.22 bits per heavy atom. The number of benzene rings is 1. The molecule has 136 valence electrons. The number of anilines is 1. The molecule has 27 heavy (non-hydrogen) atoms. The molecule has 0 unspecified atom stereocenters. The van der Waals surface area contributed by atoms with Crippen LogP contribution in [0.1, 0.15) is 10.4 Å². The molecule has 1 aromatic carbocycles. The minimum atomic E-state index is -0.311. The van der Waals surface area contributed by atoms with E-state index >= 15 is 0 Å². The van der Waals surface area contributed by atoms with E-state index < -0.39 is 0 Å². The molecule has 3 heterocycles. The number of hydrogen-bond acceptors (Lipinski definition) is 6. The Bertz CT molecular complexity index is 1210. The average Bonchev–Trinajstić information content (AvgIpc) is 3.27. The van der Waals surface area contributed by atoms with Crippen LogP contribution in [-0.4, -0.2) is 20.4 Å². The fourth-order valence-corrected chi connectivity index (χ4v) is 4.41. The molecule has 3 aromatic heterocycles. The van der Waals surface area contributed by atoms with E-state index in [9.17, 15) is 9.59 Å².